The van der Waals surface area contributed by atoms with Crippen LogP contribution in [0.25, 0.3) is 0 Å². The number of hydrogen-bond acceptors (Lipinski definition) is 9. The summed E-state index contributed by atoms with van der Waals surface area (Å²) in [6.45, 7) is 3.03. The number of sulfonamides is 1. The van der Waals surface area contributed by atoms with Gasteiger partial charge in [-0.15, -0.1) is 0 Å². The molecule has 3 aromatic rings. The van der Waals surface area contributed by atoms with Crippen molar-refractivity contribution in [2.45, 2.75) is 11.3 Å². The van der Waals surface area contributed by atoms with E-state index in [2.05, 4.69) is 29.9 Å². The number of hydrogen-bond donors (Lipinski definition) is 2. The van der Waals surface area contributed by atoms with Crippen LogP contribution in [0.1, 0.15) is 16.8 Å². The van der Waals surface area contributed by atoms with E-state index in [9.17, 15) is 18.0 Å². The molecule has 1 fully saturated rings. The van der Waals surface area contributed by atoms with Gasteiger partial charge in [0, 0.05) is 56.4 Å². The van der Waals surface area contributed by atoms with E-state index in [1.54, 1.807) is 53.7 Å². The maximum atomic E-state index is 12.6. The van der Waals surface area contributed by atoms with E-state index in [0.29, 0.717) is 11.5 Å². The number of amides is 1. The fourth-order valence-corrected chi connectivity index (χ4v) is 4.46. The highest BCUT2D eigenvalue weighted by Gasteiger charge is 2.20. The van der Waals surface area contributed by atoms with E-state index in [0.717, 1.165) is 31.9 Å². The minimum atomic E-state index is -3.97. The van der Waals surface area contributed by atoms with E-state index in [1.807, 2.05) is 12.1 Å². The van der Waals surface area contributed by atoms with Crippen molar-refractivity contribution in [1.82, 2.24) is 20.2 Å². The smallest absolute Gasteiger partial charge is 0.327 e. The Labute approximate surface area is 209 Å². The summed E-state index contributed by atoms with van der Waals surface area (Å²) in [5, 5.41) is 2.66. The Bertz CT molecular complexity index is 1280. The number of aromatic nitrogens is 2. The van der Waals surface area contributed by atoms with Crippen LogP contribution < -0.4 is 20.0 Å². The average Bonchev–Trinajstić information content (AvgIpc) is 2.93. The van der Waals surface area contributed by atoms with Gasteiger partial charge >= 0.3 is 5.97 Å². The van der Waals surface area contributed by atoms with Crippen molar-refractivity contribution in [1.29, 1.82) is 0 Å². The van der Waals surface area contributed by atoms with Crippen molar-refractivity contribution in [3.05, 3.63) is 78.6 Å². The van der Waals surface area contributed by atoms with Gasteiger partial charge in [0.1, 0.15) is 0 Å². The van der Waals surface area contributed by atoms with Crippen molar-refractivity contribution in [2.24, 2.45) is 0 Å². The molecule has 0 unspecified atom stereocenters. The van der Waals surface area contributed by atoms with E-state index >= 15 is 0 Å². The topological polar surface area (TPSA) is 134 Å². The maximum Gasteiger partial charge on any atom is 0.327 e. The predicted octanol–water partition coefficient (Wildman–Crippen LogP) is 1.36. The minimum absolute atomic E-state index is 0.00922. The first kappa shape index (κ1) is 25.1. The first-order valence-corrected chi connectivity index (χ1v) is 12.8. The van der Waals surface area contributed by atoms with Gasteiger partial charge in [-0.2, -0.15) is 0 Å². The number of nitrogens with zero attached hydrogens (tertiary/aromatic N) is 4. The fraction of sp³-hybridized carbons (Fsp3) is 0.250. The molecule has 0 atom stereocenters. The molecule has 36 heavy (non-hydrogen) atoms. The standard InChI is InChI=1S/C24H26N6O5S/c31-22(35-28-36(33,34)21-8-2-1-3-9-21)10-13-25-23(32)19-6-4-7-20(18-19)29-14-16-30(17-15-29)24-26-11-5-12-27-24/h1-9,11-12,18,28H,10,13-17H2,(H,25,32). The lowest BCUT2D eigenvalue weighted by Crippen LogP contribution is -2.47. The number of anilines is 2. The Hall–Kier alpha value is -4.03. The van der Waals surface area contributed by atoms with Crippen LogP contribution in [0.3, 0.4) is 0 Å². The van der Waals surface area contributed by atoms with Crippen molar-refractivity contribution >= 4 is 33.5 Å². The van der Waals surface area contributed by atoms with Crippen molar-refractivity contribution < 1.29 is 22.8 Å². The van der Waals surface area contributed by atoms with Gasteiger partial charge in [0.25, 0.3) is 15.9 Å². The molecule has 0 aliphatic carbocycles. The van der Waals surface area contributed by atoms with E-state index in [4.69, 9.17) is 0 Å². The zero-order valence-corrected chi connectivity index (χ0v) is 20.2. The van der Waals surface area contributed by atoms with Crippen LogP contribution in [0.4, 0.5) is 11.6 Å². The minimum Gasteiger partial charge on any atom is -0.368 e. The largest absolute Gasteiger partial charge is 0.368 e. The quantitative estimate of drug-likeness (QED) is 0.409. The Kier molecular flexibility index (Phi) is 8.08. The maximum absolute atomic E-state index is 12.6. The Morgan fingerprint density at radius 3 is 2.31 bits per heavy atom. The Balaban J connectivity index is 1.23. The number of rotatable bonds is 9. The lowest BCUT2D eigenvalue weighted by atomic mass is 10.1. The van der Waals surface area contributed by atoms with Gasteiger partial charge < -0.3 is 20.0 Å². The van der Waals surface area contributed by atoms with Gasteiger partial charge in [-0.3, -0.25) is 9.59 Å². The third-order valence-corrected chi connectivity index (χ3v) is 6.72. The van der Waals surface area contributed by atoms with Crippen molar-refractivity contribution in [2.75, 3.05) is 42.5 Å². The Morgan fingerprint density at radius 1 is 0.889 bits per heavy atom. The molecule has 1 aromatic heterocycles. The van der Waals surface area contributed by atoms with E-state index in [-0.39, 0.29) is 23.8 Å². The molecule has 0 bridgehead atoms. The number of piperazine rings is 1. The van der Waals surface area contributed by atoms with Crippen LogP contribution in [0.15, 0.2) is 78.0 Å². The number of carbonyl (C=O) groups excluding carboxylic acids is 2. The molecule has 2 N–H and O–H groups in total. The van der Waals surface area contributed by atoms with Gasteiger partial charge in [0.15, 0.2) is 0 Å². The molecule has 11 nitrogen and oxygen atoms in total. The van der Waals surface area contributed by atoms with Crippen molar-refractivity contribution in [3.63, 3.8) is 0 Å². The summed E-state index contributed by atoms with van der Waals surface area (Å²) in [4.78, 5) is 43.8. The molecular formula is C24H26N6O5S. The van der Waals surface area contributed by atoms with Crippen LogP contribution in [0.2, 0.25) is 0 Å². The van der Waals surface area contributed by atoms with E-state index in [1.165, 1.54) is 12.1 Å². The highest BCUT2D eigenvalue weighted by Crippen LogP contribution is 2.19. The second kappa shape index (κ2) is 11.6. The molecule has 2 heterocycles. The van der Waals surface area contributed by atoms with Gasteiger partial charge in [0.2, 0.25) is 5.95 Å². The second-order valence-electron chi connectivity index (χ2n) is 7.95. The summed E-state index contributed by atoms with van der Waals surface area (Å²) in [7, 11) is -3.97. The van der Waals surface area contributed by atoms with Gasteiger partial charge in [-0.25, -0.2) is 18.4 Å². The van der Waals surface area contributed by atoms with Crippen LogP contribution in [-0.4, -0.2) is 63.0 Å². The third-order valence-electron chi connectivity index (χ3n) is 5.52. The number of nitrogens with one attached hydrogen (secondary N) is 2. The Morgan fingerprint density at radius 2 is 1.58 bits per heavy atom. The van der Waals surface area contributed by atoms with Crippen LogP contribution in [-0.2, 0) is 19.7 Å². The number of benzene rings is 2. The fourth-order valence-electron chi connectivity index (χ4n) is 3.64. The summed E-state index contributed by atoms with van der Waals surface area (Å²) < 4.78 is 24.2. The highest BCUT2D eigenvalue weighted by molar-refractivity contribution is 7.89. The van der Waals surface area contributed by atoms with Gasteiger partial charge in [-0.05, 0) is 41.3 Å². The summed E-state index contributed by atoms with van der Waals surface area (Å²) in [5.41, 5.74) is 1.38. The molecule has 1 amide bonds. The second-order valence-corrected chi connectivity index (χ2v) is 9.60. The predicted molar refractivity (Wildman–Crippen MR) is 133 cm³/mol. The van der Waals surface area contributed by atoms with Gasteiger partial charge in [-0.1, -0.05) is 24.3 Å². The first-order chi connectivity index (χ1) is 17.4. The van der Waals surface area contributed by atoms with Crippen molar-refractivity contribution in [3.8, 4) is 0 Å². The first-order valence-electron chi connectivity index (χ1n) is 11.3. The molecule has 1 saturated heterocycles. The SMILES string of the molecule is O=C(CCNC(=O)c1cccc(N2CCN(c3ncccn3)CC2)c1)ONS(=O)(=O)c1ccccc1. The molecule has 0 radical (unpaired) electrons. The summed E-state index contributed by atoms with van der Waals surface area (Å²) in [6.07, 6.45) is 3.24. The average molecular weight is 511 g/mol. The molecule has 0 saturated carbocycles. The third kappa shape index (κ3) is 6.55. The van der Waals surface area contributed by atoms with Crippen LogP contribution >= 0.6 is 0 Å². The molecular weight excluding hydrogens is 484 g/mol. The zero-order valence-electron chi connectivity index (χ0n) is 19.4. The summed E-state index contributed by atoms with van der Waals surface area (Å²) in [5.74, 6) is -0.452. The molecule has 4 rings (SSSR count). The molecule has 1 aliphatic rings. The molecule has 12 heteroatoms. The summed E-state index contributed by atoms with van der Waals surface area (Å²) in [6, 6.07) is 16.6. The normalized spacial score (nSPS) is 13.8. The van der Waals surface area contributed by atoms with Crippen LogP contribution in [0, 0.1) is 0 Å². The number of carbonyl (C=O) groups is 2. The molecule has 0 spiro atoms. The monoisotopic (exact) mass is 510 g/mol. The lowest BCUT2D eigenvalue weighted by molar-refractivity contribution is -0.146. The lowest BCUT2D eigenvalue weighted by Gasteiger charge is -2.36. The summed E-state index contributed by atoms with van der Waals surface area (Å²) >= 11 is 0. The molecule has 1 aliphatic heterocycles. The van der Waals surface area contributed by atoms with Gasteiger partial charge in [0.05, 0.1) is 11.3 Å². The van der Waals surface area contributed by atoms with Crippen LogP contribution in [0.5, 0.6) is 0 Å². The zero-order chi connectivity index (χ0) is 25.4. The molecule has 188 valence electrons. The van der Waals surface area contributed by atoms with E-state index < -0.39 is 16.0 Å². The highest BCUT2D eigenvalue weighted by atomic mass is 32.2. The molecule has 2 aromatic carbocycles.